The molecule has 6 nitrogen and oxygen atoms in total. The number of aliphatic hydroxyl groups is 2. The lowest BCUT2D eigenvalue weighted by Gasteiger charge is -2.20. The molecule has 0 bridgehead atoms. The van der Waals surface area contributed by atoms with Crippen molar-refractivity contribution in [1.29, 1.82) is 0 Å². The SMILES string of the molecule is CCCCCCCCCCCCCCCCCCC/C=C/C(O)C(CO)NC(=O)CCCCCCCCCCCCCCCOC(=O)CCCCCCCCCCCCCC. The van der Waals surface area contributed by atoms with Gasteiger partial charge < -0.3 is 20.3 Å². The van der Waals surface area contributed by atoms with Crippen molar-refractivity contribution < 1.29 is 24.5 Å². The van der Waals surface area contributed by atoms with Crippen LogP contribution in [0.3, 0.4) is 0 Å². The molecular weight excluding hydrogens is 755 g/mol. The zero-order valence-corrected chi connectivity index (χ0v) is 41.2. The van der Waals surface area contributed by atoms with E-state index in [1.165, 1.54) is 218 Å². The second-order valence-electron chi connectivity index (χ2n) is 18.9. The van der Waals surface area contributed by atoms with Crippen LogP contribution in [0.25, 0.3) is 0 Å². The van der Waals surface area contributed by atoms with E-state index in [1.54, 1.807) is 6.08 Å². The van der Waals surface area contributed by atoms with Crippen LogP contribution in [0.5, 0.6) is 0 Å². The third-order valence-electron chi connectivity index (χ3n) is 12.8. The molecule has 0 aliphatic carbocycles. The minimum Gasteiger partial charge on any atom is -0.466 e. The maximum Gasteiger partial charge on any atom is 0.305 e. The van der Waals surface area contributed by atoms with Gasteiger partial charge in [-0.2, -0.15) is 0 Å². The van der Waals surface area contributed by atoms with Crippen LogP contribution in [0.1, 0.15) is 303 Å². The third-order valence-corrected chi connectivity index (χ3v) is 12.8. The second kappa shape index (κ2) is 51.2. The number of ether oxygens (including phenoxy) is 1. The summed E-state index contributed by atoms with van der Waals surface area (Å²) in [5.41, 5.74) is 0. The summed E-state index contributed by atoms with van der Waals surface area (Å²) in [5, 5.41) is 23.1. The molecule has 61 heavy (non-hydrogen) atoms. The monoisotopic (exact) mass is 862 g/mol. The number of hydrogen-bond acceptors (Lipinski definition) is 5. The van der Waals surface area contributed by atoms with Crippen molar-refractivity contribution in [3.8, 4) is 0 Å². The Kier molecular flexibility index (Phi) is 50.1. The molecule has 1 amide bonds. The van der Waals surface area contributed by atoms with Crippen LogP contribution in [0.15, 0.2) is 12.2 Å². The van der Waals surface area contributed by atoms with Gasteiger partial charge in [-0.3, -0.25) is 9.59 Å². The highest BCUT2D eigenvalue weighted by atomic mass is 16.5. The normalized spacial score (nSPS) is 12.7. The van der Waals surface area contributed by atoms with Crippen molar-refractivity contribution >= 4 is 11.9 Å². The quantitative estimate of drug-likeness (QED) is 0.0322. The number of aliphatic hydroxyl groups excluding tert-OH is 2. The number of amides is 1. The smallest absolute Gasteiger partial charge is 0.305 e. The summed E-state index contributed by atoms with van der Waals surface area (Å²) in [6.45, 7) is 4.89. The Labute approximate surface area is 380 Å². The highest BCUT2D eigenvalue weighted by molar-refractivity contribution is 5.76. The van der Waals surface area contributed by atoms with Crippen LogP contribution in [-0.4, -0.2) is 47.4 Å². The minimum atomic E-state index is -0.852. The Hall–Kier alpha value is -1.40. The summed E-state index contributed by atoms with van der Waals surface area (Å²) in [6.07, 6.45) is 59.3. The van der Waals surface area contributed by atoms with E-state index in [4.69, 9.17) is 4.74 Å². The maximum absolute atomic E-state index is 12.5. The molecule has 0 saturated carbocycles. The van der Waals surface area contributed by atoms with E-state index in [1.807, 2.05) is 6.08 Å². The number of carbonyl (C=O) groups is 2. The molecule has 0 heterocycles. The zero-order valence-electron chi connectivity index (χ0n) is 41.2. The molecule has 0 rings (SSSR count). The second-order valence-corrected chi connectivity index (χ2v) is 18.9. The fraction of sp³-hybridized carbons (Fsp3) is 0.927. The van der Waals surface area contributed by atoms with E-state index >= 15 is 0 Å². The molecule has 0 aromatic carbocycles. The summed E-state index contributed by atoms with van der Waals surface area (Å²) in [5.74, 6) is -0.0837. The van der Waals surface area contributed by atoms with Gasteiger partial charge in [-0.05, 0) is 32.1 Å². The Balaban J connectivity index is 3.48. The molecule has 0 aliphatic rings. The predicted molar refractivity (Wildman–Crippen MR) is 264 cm³/mol. The Morgan fingerprint density at radius 2 is 0.754 bits per heavy atom. The number of unbranched alkanes of at least 4 members (excludes halogenated alkanes) is 40. The van der Waals surface area contributed by atoms with Gasteiger partial charge in [0.15, 0.2) is 0 Å². The van der Waals surface area contributed by atoms with Gasteiger partial charge in [0.2, 0.25) is 5.91 Å². The van der Waals surface area contributed by atoms with E-state index < -0.39 is 12.1 Å². The number of hydrogen-bond donors (Lipinski definition) is 3. The van der Waals surface area contributed by atoms with Crippen molar-refractivity contribution in [3.05, 3.63) is 12.2 Å². The number of esters is 1. The lowest BCUT2D eigenvalue weighted by Crippen LogP contribution is -2.45. The van der Waals surface area contributed by atoms with E-state index in [9.17, 15) is 19.8 Å². The van der Waals surface area contributed by atoms with E-state index in [2.05, 4.69) is 19.2 Å². The highest BCUT2D eigenvalue weighted by Crippen LogP contribution is 2.17. The molecule has 362 valence electrons. The standard InChI is InChI=1S/C55H107NO5/c1-3-5-7-9-11-13-15-17-18-19-20-21-22-24-27-31-35-39-43-47-53(58)52(51-57)56-54(59)48-44-40-36-32-28-25-23-26-30-34-38-42-46-50-61-55(60)49-45-41-37-33-29-16-14-12-10-8-6-4-2/h43,47,52-53,57-58H,3-42,44-46,48-51H2,1-2H3,(H,56,59)/b47-43+. The first-order valence-corrected chi connectivity index (χ1v) is 27.5. The predicted octanol–water partition coefficient (Wildman–Crippen LogP) is 16.5. The Morgan fingerprint density at radius 1 is 0.443 bits per heavy atom. The van der Waals surface area contributed by atoms with Crippen LogP contribution >= 0.6 is 0 Å². The highest BCUT2D eigenvalue weighted by Gasteiger charge is 2.18. The van der Waals surface area contributed by atoms with E-state index in [0.717, 1.165) is 57.8 Å². The molecule has 0 aromatic rings. The van der Waals surface area contributed by atoms with Gasteiger partial charge in [0.25, 0.3) is 0 Å². The summed E-state index contributed by atoms with van der Waals surface area (Å²) in [4.78, 5) is 24.5. The van der Waals surface area contributed by atoms with Gasteiger partial charge in [0.1, 0.15) is 0 Å². The fourth-order valence-corrected chi connectivity index (χ4v) is 8.58. The molecule has 2 atom stereocenters. The lowest BCUT2D eigenvalue weighted by molar-refractivity contribution is -0.143. The minimum absolute atomic E-state index is 0.00563. The first kappa shape index (κ1) is 59.6. The van der Waals surface area contributed by atoms with Crippen molar-refractivity contribution in [3.63, 3.8) is 0 Å². The van der Waals surface area contributed by atoms with Gasteiger partial charge >= 0.3 is 5.97 Å². The average Bonchev–Trinajstić information content (AvgIpc) is 3.26. The van der Waals surface area contributed by atoms with E-state index in [0.29, 0.717) is 19.4 Å². The Morgan fingerprint density at radius 3 is 1.11 bits per heavy atom. The molecular formula is C55H107NO5. The average molecular weight is 862 g/mol. The van der Waals surface area contributed by atoms with Crippen LogP contribution in [0, 0.1) is 0 Å². The molecule has 0 aliphatic heterocycles. The van der Waals surface area contributed by atoms with Crippen molar-refractivity contribution in [2.45, 2.75) is 315 Å². The number of carbonyl (C=O) groups excluding carboxylic acids is 2. The summed E-state index contributed by atoms with van der Waals surface area (Å²) in [6, 6.07) is -0.636. The number of nitrogens with one attached hydrogen (secondary N) is 1. The first-order chi connectivity index (χ1) is 30.0. The van der Waals surface area contributed by atoms with Gasteiger partial charge in [-0.15, -0.1) is 0 Å². The molecule has 0 radical (unpaired) electrons. The van der Waals surface area contributed by atoms with Gasteiger partial charge in [-0.25, -0.2) is 0 Å². The van der Waals surface area contributed by atoms with Crippen LogP contribution in [0.2, 0.25) is 0 Å². The van der Waals surface area contributed by atoms with Crippen molar-refractivity contribution in [1.82, 2.24) is 5.32 Å². The van der Waals surface area contributed by atoms with Crippen LogP contribution in [0.4, 0.5) is 0 Å². The molecule has 0 spiro atoms. The number of rotatable bonds is 51. The molecule has 0 aromatic heterocycles. The third kappa shape index (κ3) is 47.9. The summed E-state index contributed by atoms with van der Waals surface area (Å²) < 4.78 is 5.46. The molecule has 6 heteroatoms. The van der Waals surface area contributed by atoms with Gasteiger partial charge in [0.05, 0.1) is 25.4 Å². The fourth-order valence-electron chi connectivity index (χ4n) is 8.58. The topological polar surface area (TPSA) is 95.9 Å². The lowest BCUT2D eigenvalue weighted by atomic mass is 10.0. The molecule has 0 saturated heterocycles. The molecule has 2 unspecified atom stereocenters. The number of allylic oxidation sites excluding steroid dienone is 1. The van der Waals surface area contributed by atoms with Gasteiger partial charge in [-0.1, -0.05) is 270 Å². The van der Waals surface area contributed by atoms with Crippen molar-refractivity contribution in [2.24, 2.45) is 0 Å². The first-order valence-electron chi connectivity index (χ1n) is 27.5. The van der Waals surface area contributed by atoms with E-state index in [-0.39, 0.29) is 18.5 Å². The maximum atomic E-state index is 12.5. The zero-order chi connectivity index (χ0) is 44.4. The largest absolute Gasteiger partial charge is 0.466 e. The van der Waals surface area contributed by atoms with Crippen molar-refractivity contribution in [2.75, 3.05) is 13.2 Å². The molecule has 0 fully saturated rings. The Bertz CT molecular complexity index is 909. The van der Waals surface area contributed by atoms with Crippen LogP contribution in [-0.2, 0) is 14.3 Å². The summed E-state index contributed by atoms with van der Waals surface area (Å²) in [7, 11) is 0. The van der Waals surface area contributed by atoms with Gasteiger partial charge in [0, 0.05) is 12.8 Å². The summed E-state index contributed by atoms with van der Waals surface area (Å²) >= 11 is 0. The van der Waals surface area contributed by atoms with Crippen LogP contribution < -0.4 is 5.32 Å². The molecule has 3 N–H and O–H groups in total.